The van der Waals surface area contributed by atoms with Gasteiger partial charge in [0.05, 0.1) is 5.41 Å². The first-order chi connectivity index (χ1) is 9.03. The molecule has 2 rings (SSSR count). The molecule has 1 amide bonds. The number of hydrogen-bond donors (Lipinski definition) is 2. The van der Waals surface area contributed by atoms with E-state index in [1.54, 1.807) is 17.5 Å². The van der Waals surface area contributed by atoms with E-state index in [4.69, 9.17) is 5.73 Å². The zero-order valence-corrected chi connectivity index (χ0v) is 11.8. The second-order valence-corrected chi connectivity index (χ2v) is 5.85. The molecule has 0 aliphatic rings. The lowest BCUT2D eigenvalue weighted by molar-refractivity contribution is -0.123. The van der Waals surface area contributed by atoms with Crippen molar-refractivity contribution < 1.29 is 4.79 Å². The van der Waals surface area contributed by atoms with Crippen LogP contribution in [0.5, 0.6) is 0 Å². The molecule has 0 fully saturated rings. The Balaban J connectivity index is 2.19. The van der Waals surface area contributed by atoms with E-state index in [1.165, 1.54) is 0 Å². The van der Waals surface area contributed by atoms with E-state index in [0.717, 1.165) is 16.3 Å². The van der Waals surface area contributed by atoms with E-state index in [0.29, 0.717) is 6.54 Å². The van der Waals surface area contributed by atoms with Crippen LogP contribution in [0.15, 0.2) is 35.8 Å². The molecule has 0 bridgehead atoms. The summed E-state index contributed by atoms with van der Waals surface area (Å²) < 4.78 is 0. The second-order valence-electron chi connectivity index (χ2n) is 4.96. The van der Waals surface area contributed by atoms with Crippen LogP contribution < -0.4 is 11.1 Å². The largest absolute Gasteiger partial charge is 0.329 e. The van der Waals surface area contributed by atoms with Crippen LogP contribution in [0.1, 0.15) is 13.8 Å². The van der Waals surface area contributed by atoms with Crippen LogP contribution in [-0.2, 0) is 4.79 Å². The first-order valence-corrected chi connectivity index (χ1v) is 6.92. The molecule has 0 aliphatic carbocycles. The highest BCUT2D eigenvalue weighted by molar-refractivity contribution is 7.13. The summed E-state index contributed by atoms with van der Waals surface area (Å²) in [4.78, 5) is 16.3. The van der Waals surface area contributed by atoms with Crippen LogP contribution in [0, 0.1) is 5.41 Å². The third-order valence-electron chi connectivity index (χ3n) is 2.92. The predicted molar refractivity (Wildman–Crippen MR) is 79.0 cm³/mol. The van der Waals surface area contributed by atoms with Crippen molar-refractivity contribution in [2.24, 2.45) is 11.1 Å². The molecule has 4 nitrogen and oxygen atoms in total. The molecule has 0 unspecified atom stereocenters. The fourth-order valence-corrected chi connectivity index (χ4v) is 2.12. The van der Waals surface area contributed by atoms with Crippen molar-refractivity contribution in [1.82, 2.24) is 4.98 Å². The van der Waals surface area contributed by atoms with Crippen molar-refractivity contribution in [2.75, 3.05) is 11.9 Å². The van der Waals surface area contributed by atoms with E-state index in [-0.39, 0.29) is 5.91 Å². The van der Waals surface area contributed by atoms with Gasteiger partial charge in [0, 0.05) is 29.4 Å². The molecule has 19 heavy (non-hydrogen) atoms. The number of nitrogens with zero attached hydrogens (tertiary/aromatic N) is 1. The van der Waals surface area contributed by atoms with Gasteiger partial charge in [0.1, 0.15) is 5.01 Å². The molecule has 2 aromatic rings. The number of thiazole rings is 1. The van der Waals surface area contributed by atoms with E-state index >= 15 is 0 Å². The molecule has 1 aromatic heterocycles. The lowest BCUT2D eigenvalue weighted by Crippen LogP contribution is -2.37. The van der Waals surface area contributed by atoms with Gasteiger partial charge in [-0.3, -0.25) is 4.79 Å². The van der Waals surface area contributed by atoms with Crippen LogP contribution in [0.25, 0.3) is 10.6 Å². The fourth-order valence-electron chi connectivity index (χ4n) is 1.49. The van der Waals surface area contributed by atoms with E-state index < -0.39 is 5.41 Å². The Labute approximate surface area is 116 Å². The Kier molecular flexibility index (Phi) is 3.97. The summed E-state index contributed by atoms with van der Waals surface area (Å²) in [6.45, 7) is 3.96. The smallest absolute Gasteiger partial charge is 0.231 e. The van der Waals surface area contributed by atoms with Gasteiger partial charge in [-0.2, -0.15) is 0 Å². The monoisotopic (exact) mass is 275 g/mol. The number of aromatic nitrogens is 1. The minimum atomic E-state index is -0.572. The highest BCUT2D eigenvalue weighted by Gasteiger charge is 2.25. The molecule has 0 saturated carbocycles. The maximum atomic E-state index is 12.1. The molecule has 1 aromatic carbocycles. The van der Waals surface area contributed by atoms with Crippen LogP contribution >= 0.6 is 11.3 Å². The molecule has 0 radical (unpaired) electrons. The van der Waals surface area contributed by atoms with E-state index in [2.05, 4.69) is 10.3 Å². The number of nitrogens with two attached hydrogens (primary N) is 1. The highest BCUT2D eigenvalue weighted by Crippen LogP contribution is 2.25. The van der Waals surface area contributed by atoms with E-state index in [9.17, 15) is 4.79 Å². The van der Waals surface area contributed by atoms with Gasteiger partial charge < -0.3 is 11.1 Å². The second kappa shape index (κ2) is 5.50. The number of benzene rings is 1. The SMILES string of the molecule is CC(C)(CN)C(=O)Nc1cccc(-c2nccs2)c1. The number of rotatable bonds is 4. The van der Waals surface area contributed by atoms with Gasteiger partial charge in [-0.15, -0.1) is 11.3 Å². The van der Waals surface area contributed by atoms with Crippen molar-refractivity contribution in [3.05, 3.63) is 35.8 Å². The van der Waals surface area contributed by atoms with Gasteiger partial charge in [0.15, 0.2) is 0 Å². The lowest BCUT2D eigenvalue weighted by atomic mass is 9.92. The Morgan fingerprint density at radius 2 is 2.26 bits per heavy atom. The van der Waals surface area contributed by atoms with Crippen LogP contribution in [0.2, 0.25) is 0 Å². The topological polar surface area (TPSA) is 68.0 Å². The average Bonchev–Trinajstić information content (AvgIpc) is 2.93. The maximum Gasteiger partial charge on any atom is 0.231 e. The third kappa shape index (κ3) is 3.19. The molecule has 100 valence electrons. The van der Waals surface area contributed by atoms with Crippen molar-refractivity contribution in [3.8, 4) is 10.6 Å². The first kappa shape index (κ1) is 13.7. The van der Waals surface area contributed by atoms with Crippen molar-refractivity contribution in [3.63, 3.8) is 0 Å². The van der Waals surface area contributed by atoms with Gasteiger partial charge >= 0.3 is 0 Å². The summed E-state index contributed by atoms with van der Waals surface area (Å²) in [6.07, 6.45) is 1.77. The molecule has 0 spiro atoms. The van der Waals surface area contributed by atoms with Gasteiger partial charge in [0.2, 0.25) is 5.91 Å². The van der Waals surface area contributed by atoms with Crippen LogP contribution in [-0.4, -0.2) is 17.4 Å². The normalized spacial score (nSPS) is 11.3. The summed E-state index contributed by atoms with van der Waals surface area (Å²) in [5.74, 6) is -0.0775. The summed E-state index contributed by atoms with van der Waals surface area (Å²) in [5, 5.41) is 5.76. The number of amides is 1. The number of carbonyl (C=O) groups excluding carboxylic acids is 1. The zero-order chi connectivity index (χ0) is 13.9. The Bertz CT molecular complexity index is 564. The number of nitrogens with one attached hydrogen (secondary N) is 1. The summed E-state index contributed by atoms with van der Waals surface area (Å²) in [5.41, 5.74) is 6.79. The van der Waals surface area contributed by atoms with E-state index in [1.807, 2.05) is 43.5 Å². The Hall–Kier alpha value is -1.72. The van der Waals surface area contributed by atoms with Gasteiger partial charge in [-0.25, -0.2) is 4.98 Å². The molecule has 0 aliphatic heterocycles. The Morgan fingerprint density at radius 3 is 2.89 bits per heavy atom. The quantitative estimate of drug-likeness (QED) is 0.901. The summed E-state index contributed by atoms with van der Waals surface area (Å²) >= 11 is 1.57. The molecule has 5 heteroatoms. The molecule has 0 saturated heterocycles. The van der Waals surface area contributed by atoms with Gasteiger partial charge in [-0.05, 0) is 26.0 Å². The average molecular weight is 275 g/mol. The first-order valence-electron chi connectivity index (χ1n) is 6.04. The summed E-state index contributed by atoms with van der Waals surface area (Å²) in [7, 11) is 0. The number of hydrogen-bond acceptors (Lipinski definition) is 4. The van der Waals surface area contributed by atoms with Gasteiger partial charge in [0.25, 0.3) is 0 Å². The minimum absolute atomic E-state index is 0.0775. The van der Waals surface area contributed by atoms with Crippen LogP contribution in [0.4, 0.5) is 5.69 Å². The molecule has 0 atom stereocenters. The maximum absolute atomic E-state index is 12.1. The summed E-state index contributed by atoms with van der Waals surface area (Å²) in [6, 6.07) is 7.66. The van der Waals surface area contributed by atoms with Crippen LogP contribution in [0.3, 0.4) is 0 Å². The van der Waals surface area contributed by atoms with Crippen molar-refractivity contribution in [2.45, 2.75) is 13.8 Å². The molecule has 3 N–H and O–H groups in total. The third-order valence-corrected chi connectivity index (χ3v) is 3.75. The zero-order valence-electron chi connectivity index (χ0n) is 11.0. The predicted octanol–water partition coefficient (Wildman–Crippen LogP) is 2.73. The molecule has 1 heterocycles. The standard InChI is InChI=1S/C14H17N3OS/c1-14(2,9-15)13(18)17-11-5-3-4-10(8-11)12-16-6-7-19-12/h3-8H,9,15H2,1-2H3,(H,17,18). The van der Waals surface area contributed by atoms with Crippen molar-refractivity contribution >= 4 is 22.9 Å². The number of carbonyl (C=O) groups is 1. The van der Waals surface area contributed by atoms with Gasteiger partial charge in [-0.1, -0.05) is 12.1 Å². The van der Waals surface area contributed by atoms with Crippen molar-refractivity contribution in [1.29, 1.82) is 0 Å². The molecular formula is C14H17N3OS. The highest BCUT2D eigenvalue weighted by atomic mass is 32.1. The lowest BCUT2D eigenvalue weighted by Gasteiger charge is -2.21. The number of anilines is 1. The minimum Gasteiger partial charge on any atom is -0.329 e. The molecular weight excluding hydrogens is 258 g/mol. The Morgan fingerprint density at radius 1 is 1.47 bits per heavy atom. The fraction of sp³-hybridized carbons (Fsp3) is 0.286.